The summed E-state index contributed by atoms with van der Waals surface area (Å²) in [4.78, 5) is 13.8. The van der Waals surface area contributed by atoms with Gasteiger partial charge >= 0.3 is 0 Å². The second-order valence-corrected chi connectivity index (χ2v) is 14.8. The Kier molecular flexibility index (Phi) is 5.18. The van der Waals surface area contributed by atoms with E-state index < -0.39 is 28.8 Å². The smallest absolute Gasteiger partial charge is 0.239 e. The van der Waals surface area contributed by atoms with Crippen LogP contribution < -0.4 is 5.19 Å². The molecule has 0 N–H and O–H groups in total. The predicted molar refractivity (Wildman–Crippen MR) is 116 cm³/mol. The van der Waals surface area contributed by atoms with E-state index in [-0.39, 0.29) is 0 Å². The summed E-state index contributed by atoms with van der Waals surface area (Å²) in [6.45, 7) is 5.84. The molecular weight excluding hydrogens is 416 g/mol. The second kappa shape index (κ2) is 7.08. The van der Waals surface area contributed by atoms with Gasteiger partial charge in [0.05, 0.1) is 24.3 Å². The third kappa shape index (κ3) is 2.41. The first-order chi connectivity index (χ1) is 13.7. The van der Waals surface area contributed by atoms with E-state index in [1.54, 1.807) is 6.92 Å². The number of allylic oxidation sites excluding steroid dienone is 1. The van der Waals surface area contributed by atoms with E-state index in [4.69, 9.17) is 0 Å². The van der Waals surface area contributed by atoms with Crippen molar-refractivity contribution < 1.29 is 4.79 Å². The van der Waals surface area contributed by atoms with Crippen LogP contribution in [0.5, 0.6) is 0 Å². The zero-order valence-electron chi connectivity index (χ0n) is 16.3. The summed E-state index contributed by atoms with van der Waals surface area (Å²) in [6, 6.07) is 17.2. The van der Waals surface area contributed by atoms with Crippen LogP contribution in [0.2, 0.25) is 13.1 Å². The molecule has 1 saturated heterocycles. The number of carbonyl (C=O) groups is 1. The number of carbonyl (C=O) groups excluding carboxylic acids is 1. The van der Waals surface area contributed by atoms with Crippen molar-refractivity contribution in [1.29, 1.82) is 21.0 Å². The molecule has 0 unspecified atom stereocenters. The van der Waals surface area contributed by atoms with Gasteiger partial charge in [0, 0.05) is 11.5 Å². The van der Waals surface area contributed by atoms with Crippen LogP contribution in [0.3, 0.4) is 0 Å². The summed E-state index contributed by atoms with van der Waals surface area (Å²) in [6.07, 6.45) is 0. The summed E-state index contributed by atoms with van der Waals surface area (Å²) >= 11 is 2.82. The summed E-state index contributed by atoms with van der Waals surface area (Å²) in [5.74, 6) is 0.672. The maximum Gasteiger partial charge on any atom is 0.239 e. The lowest BCUT2D eigenvalue weighted by molar-refractivity contribution is -0.122. The maximum atomic E-state index is 13.8. The Bertz CT molecular complexity index is 1050. The second-order valence-electron chi connectivity index (χ2n) is 7.58. The molecule has 0 saturated carbocycles. The summed E-state index contributed by atoms with van der Waals surface area (Å²) in [5.41, 5.74) is -3.78. The van der Waals surface area contributed by atoms with Crippen molar-refractivity contribution in [2.45, 2.75) is 24.1 Å². The van der Waals surface area contributed by atoms with E-state index >= 15 is 0 Å². The standard InChI is InChI=1S/C21H18N4OS2Si/c1-15-17(29(2,3)16-7-5-4-6-8-16)18(26)19(11-22,12-23)20(13-24,14-25)21(15)27-9-10-28-21/h4-8H,9-10H2,1-3H3. The quantitative estimate of drug-likeness (QED) is 0.656. The zero-order valence-corrected chi connectivity index (χ0v) is 18.9. The highest BCUT2D eigenvalue weighted by Crippen LogP contribution is 2.68. The topological polar surface area (TPSA) is 112 Å². The van der Waals surface area contributed by atoms with Crippen molar-refractivity contribution >= 4 is 42.6 Å². The molecule has 144 valence electrons. The van der Waals surface area contributed by atoms with E-state index in [2.05, 4.69) is 0 Å². The minimum absolute atomic E-state index is 0.481. The highest BCUT2D eigenvalue weighted by molar-refractivity contribution is 8.21. The SMILES string of the molecule is CC1=C([Si](C)(C)c2ccccc2)C(=O)C(C#N)(C#N)C(C#N)(C#N)C12SCCS2. The Morgan fingerprint density at radius 2 is 1.45 bits per heavy atom. The first-order valence-electron chi connectivity index (χ1n) is 8.99. The number of hydrogen-bond donors (Lipinski definition) is 0. The predicted octanol–water partition coefficient (Wildman–Crippen LogP) is 3.28. The molecule has 1 fully saturated rings. The number of thioether (sulfide) groups is 2. The molecule has 0 bridgehead atoms. The largest absolute Gasteiger partial charge is 0.292 e. The lowest BCUT2D eigenvalue weighted by atomic mass is 9.57. The van der Waals surface area contributed by atoms with Gasteiger partial charge in [-0.1, -0.05) is 48.6 Å². The van der Waals surface area contributed by atoms with Crippen LogP contribution in [0, 0.1) is 56.2 Å². The van der Waals surface area contributed by atoms with Crippen molar-refractivity contribution in [1.82, 2.24) is 0 Å². The van der Waals surface area contributed by atoms with E-state index in [0.717, 1.165) is 5.19 Å². The highest BCUT2D eigenvalue weighted by atomic mass is 32.2. The molecule has 0 amide bonds. The number of nitriles is 4. The number of nitrogens with zero attached hydrogens (tertiary/aromatic N) is 4. The highest BCUT2D eigenvalue weighted by Gasteiger charge is 2.76. The van der Waals surface area contributed by atoms with Gasteiger partial charge in [-0.15, -0.1) is 23.5 Å². The lowest BCUT2D eigenvalue weighted by Gasteiger charge is -2.50. The number of Topliss-reactive ketones (excluding diaryl/α,β-unsaturated/α-hetero) is 1. The summed E-state index contributed by atoms with van der Waals surface area (Å²) in [7, 11) is -2.63. The van der Waals surface area contributed by atoms with Crippen molar-refractivity contribution in [3.63, 3.8) is 0 Å². The molecule has 1 aromatic carbocycles. The molecule has 1 heterocycles. The summed E-state index contributed by atoms with van der Waals surface area (Å²) < 4.78 is -1.12. The van der Waals surface area contributed by atoms with Crippen LogP contribution in [-0.4, -0.2) is 29.4 Å². The fourth-order valence-corrected chi connectivity index (χ4v) is 11.5. The Morgan fingerprint density at radius 3 is 1.90 bits per heavy atom. The molecular formula is C21H18N4OS2Si. The molecule has 1 spiro atoms. The molecule has 8 heteroatoms. The lowest BCUT2D eigenvalue weighted by Crippen LogP contribution is -2.64. The van der Waals surface area contributed by atoms with E-state index in [9.17, 15) is 25.8 Å². The molecule has 1 aliphatic carbocycles. The monoisotopic (exact) mass is 434 g/mol. The average molecular weight is 435 g/mol. The van der Waals surface area contributed by atoms with Crippen LogP contribution in [0.4, 0.5) is 0 Å². The summed E-state index contributed by atoms with van der Waals surface area (Å²) in [5, 5.41) is 41.9. The molecule has 29 heavy (non-hydrogen) atoms. The maximum absolute atomic E-state index is 13.8. The van der Waals surface area contributed by atoms with Gasteiger partial charge in [-0.3, -0.25) is 4.79 Å². The molecule has 0 atom stereocenters. The molecule has 0 aromatic heterocycles. The minimum Gasteiger partial charge on any atom is -0.292 e. The number of hydrogen-bond acceptors (Lipinski definition) is 7. The van der Waals surface area contributed by atoms with Gasteiger partial charge in [0.1, 0.15) is 12.2 Å². The fraction of sp³-hybridized carbons (Fsp3) is 0.381. The van der Waals surface area contributed by atoms with Gasteiger partial charge in [0.2, 0.25) is 10.8 Å². The fourth-order valence-electron chi connectivity index (χ4n) is 4.45. The van der Waals surface area contributed by atoms with E-state index in [1.807, 2.05) is 67.7 Å². The molecule has 3 rings (SSSR count). The van der Waals surface area contributed by atoms with E-state index in [0.29, 0.717) is 22.3 Å². The normalized spacial score (nSPS) is 21.7. The van der Waals surface area contributed by atoms with Crippen LogP contribution in [0.15, 0.2) is 41.1 Å². The Morgan fingerprint density at radius 1 is 0.931 bits per heavy atom. The Balaban J connectivity index is 2.48. The molecule has 2 aliphatic rings. The van der Waals surface area contributed by atoms with Gasteiger partial charge in [-0.2, -0.15) is 21.0 Å². The number of ketones is 1. The average Bonchev–Trinajstić information content (AvgIpc) is 3.23. The first-order valence-corrected chi connectivity index (χ1v) is 14.0. The van der Waals surface area contributed by atoms with Gasteiger partial charge < -0.3 is 0 Å². The van der Waals surface area contributed by atoms with Gasteiger partial charge in [-0.05, 0) is 17.7 Å². The third-order valence-electron chi connectivity index (χ3n) is 5.98. The van der Waals surface area contributed by atoms with Gasteiger partial charge in [0.25, 0.3) is 0 Å². The Labute approximate surface area is 180 Å². The number of benzene rings is 1. The first kappa shape index (κ1) is 21.2. The van der Waals surface area contributed by atoms with Crippen LogP contribution in [-0.2, 0) is 4.79 Å². The zero-order chi connectivity index (χ0) is 21.5. The van der Waals surface area contributed by atoms with Gasteiger partial charge in [-0.25, -0.2) is 0 Å². The molecule has 5 nitrogen and oxygen atoms in total. The van der Waals surface area contributed by atoms with Gasteiger partial charge in [0.15, 0.2) is 5.78 Å². The Hall–Kier alpha value is -2.49. The van der Waals surface area contributed by atoms with Crippen LogP contribution >= 0.6 is 23.5 Å². The van der Waals surface area contributed by atoms with Crippen molar-refractivity contribution in [3.8, 4) is 24.3 Å². The van der Waals surface area contributed by atoms with Crippen LogP contribution in [0.1, 0.15) is 6.92 Å². The van der Waals surface area contributed by atoms with Crippen molar-refractivity contribution in [3.05, 3.63) is 41.1 Å². The number of rotatable bonds is 2. The van der Waals surface area contributed by atoms with E-state index in [1.165, 1.54) is 23.5 Å². The van der Waals surface area contributed by atoms with Crippen molar-refractivity contribution in [2.75, 3.05) is 11.5 Å². The van der Waals surface area contributed by atoms with Crippen molar-refractivity contribution in [2.24, 2.45) is 10.8 Å². The minimum atomic E-state index is -2.63. The molecule has 1 aliphatic heterocycles. The van der Waals surface area contributed by atoms with Crippen LogP contribution in [0.25, 0.3) is 0 Å². The third-order valence-corrected chi connectivity index (χ3v) is 13.4. The molecule has 0 radical (unpaired) electrons. The molecule has 1 aromatic rings.